The Morgan fingerprint density at radius 3 is 1.86 bits per heavy atom. The Bertz CT molecular complexity index is 2950. The highest BCUT2D eigenvalue weighted by Crippen LogP contribution is 2.49. The van der Waals surface area contributed by atoms with Crippen LogP contribution in [-0.2, 0) is 0 Å². The van der Waals surface area contributed by atoms with Crippen LogP contribution < -0.4 is 0 Å². The van der Waals surface area contributed by atoms with E-state index in [0.717, 1.165) is 60.9 Å². The summed E-state index contributed by atoms with van der Waals surface area (Å²) in [4.78, 5) is 15.9. The van der Waals surface area contributed by atoms with Gasteiger partial charge in [0.05, 0.1) is 22.2 Å². The van der Waals surface area contributed by atoms with Gasteiger partial charge in [-0.1, -0.05) is 140 Å². The van der Waals surface area contributed by atoms with Crippen LogP contribution in [-0.4, -0.2) is 19.4 Å². The molecule has 0 atom stereocenters. The maximum Gasteiger partial charge on any atom is 0.165 e. The van der Waals surface area contributed by atoms with Gasteiger partial charge in [-0.3, -0.25) is 4.40 Å². The second-order valence-electron chi connectivity index (χ2n) is 12.8. The van der Waals surface area contributed by atoms with Crippen molar-refractivity contribution in [2.75, 3.05) is 0 Å². The Labute approximate surface area is 281 Å². The van der Waals surface area contributed by atoms with Gasteiger partial charge in [-0.05, 0) is 62.4 Å². The number of pyridine rings is 1. The van der Waals surface area contributed by atoms with E-state index in [2.05, 4.69) is 138 Å². The SMILES string of the molecule is c1ccc(-c2nc(-c3ccccc3)c3c4ccccc4n4c5ccc(-c6ccc7c8c(cccc68)-c6ccccc6-7)cc5nc4c3n2)cc1. The molecule has 0 saturated carbocycles. The molecule has 3 aromatic heterocycles. The molecule has 1 aliphatic rings. The van der Waals surface area contributed by atoms with E-state index in [1.807, 2.05) is 24.3 Å². The van der Waals surface area contributed by atoms with Gasteiger partial charge < -0.3 is 0 Å². The molecule has 0 bridgehead atoms. The predicted molar refractivity (Wildman–Crippen MR) is 202 cm³/mol. The molecule has 0 spiro atoms. The maximum atomic E-state index is 5.38. The first kappa shape index (κ1) is 26.4. The Hall–Kier alpha value is -6.65. The highest BCUT2D eigenvalue weighted by atomic mass is 15.0. The average molecular weight is 623 g/mol. The van der Waals surface area contributed by atoms with E-state index >= 15 is 0 Å². The van der Waals surface area contributed by atoms with Crippen LogP contribution in [0, 0.1) is 0 Å². The Balaban J connectivity index is 1.21. The van der Waals surface area contributed by atoms with E-state index in [9.17, 15) is 0 Å². The van der Waals surface area contributed by atoms with E-state index in [0.29, 0.717) is 5.82 Å². The molecular weight excluding hydrogens is 597 g/mol. The highest BCUT2D eigenvalue weighted by molar-refractivity contribution is 6.20. The molecule has 226 valence electrons. The van der Waals surface area contributed by atoms with Gasteiger partial charge in [0.15, 0.2) is 11.5 Å². The van der Waals surface area contributed by atoms with Crippen molar-refractivity contribution in [3.8, 4) is 56.0 Å². The molecular formula is C45H26N4. The summed E-state index contributed by atoms with van der Waals surface area (Å²) >= 11 is 0. The van der Waals surface area contributed by atoms with E-state index in [1.165, 1.54) is 38.6 Å². The van der Waals surface area contributed by atoms with E-state index in [-0.39, 0.29) is 0 Å². The van der Waals surface area contributed by atoms with Gasteiger partial charge in [-0.15, -0.1) is 0 Å². The number of imidazole rings is 1. The van der Waals surface area contributed by atoms with Crippen molar-refractivity contribution in [3.05, 3.63) is 158 Å². The Kier molecular flexibility index (Phi) is 5.35. The molecule has 0 aliphatic heterocycles. The van der Waals surface area contributed by atoms with Crippen LogP contribution in [0.4, 0.5) is 0 Å². The fourth-order valence-corrected chi connectivity index (χ4v) is 7.99. The number of fused-ring (bicyclic) bond motifs is 11. The second-order valence-corrected chi connectivity index (χ2v) is 12.8. The topological polar surface area (TPSA) is 43.1 Å². The number of benzene rings is 7. The summed E-state index contributed by atoms with van der Waals surface area (Å²) < 4.78 is 2.28. The van der Waals surface area contributed by atoms with Crippen LogP contribution in [0.15, 0.2) is 158 Å². The molecule has 0 saturated heterocycles. The van der Waals surface area contributed by atoms with Gasteiger partial charge in [0, 0.05) is 21.9 Å². The minimum atomic E-state index is 0.686. The number of hydrogen-bond acceptors (Lipinski definition) is 3. The third-order valence-electron chi connectivity index (χ3n) is 10.1. The monoisotopic (exact) mass is 622 g/mol. The van der Waals surface area contributed by atoms with Crippen molar-refractivity contribution in [2.24, 2.45) is 0 Å². The van der Waals surface area contributed by atoms with Crippen LogP contribution in [0.5, 0.6) is 0 Å². The summed E-state index contributed by atoms with van der Waals surface area (Å²) in [5, 5.41) is 4.69. The molecule has 0 unspecified atom stereocenters. The van der Waals surface area contributed by atoms with Crippen molar-refractivity contribution < 1.29 is 0 Å². The van der Waals surface area contributed by atoms with Gasteiger partial charge >= 0.3 is 0 Å². The molecule has 1 aliphatic carbocycles. The summed E-state index contributed by atoms with van der Waals surface area (Å²) in [5.74, 6) is 0.686. The minimum absolute atomic E-state index is 0.686. The zero-order chi connectivity index (χ0) is 32.1. The largest absolute Gasteiger partial charge is 0.290 e. The number of aromatic nitrogens is 4. The summed E-state index contributed by atoms with van der Waals surface area (Å²) in [6.45, 7) is 0. The van der Waals surface area contributed by atoms with E-state index < -0.39 is 0 Å². The Morgan fingerprint density at radius 1 is 0.388 bits per heavy atom. The molecule has 0 fully saturated rings. The van der Waals surface area contributed by atoms with E-state index in [4.69, 9.17) is 15.0 Å². The molecule has 0 radical (unpaired) electrons. The summed E-state index contributed by atoms with van der Waals surface area (Å²) in [5.41, 5.74) is 15.2. The molecule has 7 aromatic carbocycles. The van der Waals surface area contributed by atoms with E-state index in [1.54, 1.807) is 0 Å². The molecule has 4 nitrogen and oxygen atoms in total. The summed E-state index contributed by atoms with van der Waals surface area (Å²) in [6, 6.07) is 55.9. The number of hydrogen-bond donors (Lipinski definition) is 0. The van der Waals surface area contributed by atoms with Gasteiger partial charge in [-0.25, -0.2) is 15.0 Å². The standard InChI is InChI=1S/C45H26N4/c1-3-12-27(13-4-1)42-41-36-18-9-10-21-38(36)49-39-25-22-29(26-37(39)46-45(49)43(41)48-44(47-42)28-14-5-2-6-15-28)30-23-24-35-32-17-8-7-16-31(32)34-20-11-19-33(30)40(34)35/h1-26H. The number of para-hydroxylation sites is 1. The van der Waals surface area contributed by atoms with Crippen molar-refractivity contribution in [3.63, 3.8) is 0 Å². The quantitative estimate of drug-likeness (QED) is 0.184. The first-order valence-electron chi connectivity index (χ1n) is 16.6. The van der Waals surface area contributed by atoms with Crippen LogP contribution in [0.1, 0.15) is 0 Å². The molecule has 11 rings (SSSR count). The Morgan fingerprint density at radius 2 is 1.04 bits per heavy atom. The van der Waals surface area contributed by atoms with Crippen molar-refractivity contribution >= 4 is 49.3 Å². The molecule has 3 heterocycles. The zero-order valence-corrected chi connectivity index (χ0v) is 26.3. The normalized spacial score (nSPS) is 12.1. The zero-order valence-electron chi connectivity index (χ0n) is 26.3. The summed E-state index contributed by atoms with van der Waals surface area (Å²) in [7, 11) is 0. The van der Waals surface area contributed by atoms with Gasteiger partial charge in [0.25, 0.3) is 0 Å². The first-order valence-corrected chi connectivity index (χ1v) is 16.6. The van der Waals surface area contributed by atoms with Gasteiger partial charge in [-0.2, -0.15) is 0 Å². The fourth-order valence-electron chi connectivity index (χ4n) is 7.99. The summed E-state index contributed by atoms with van der Waals surface area (Å²) in [6.07, 6.45) is 0. The van der Waals surface area contributed by atoms with Crippen molar-refractivity contribution in [2.45, 2.75) is 0 Å². The lowest BCUT2D eigenvalue weighted by Gasteiger charge is -2.14. The van der Waals surface area contributed by atoms with Gasteiger partial charge in [0.2, 0.25) is 0 Å². The molecule has 0 N–H and O–H groups in total. The maximum absolute atomic E-state index is 5.38. The lowest BCUT2D eigenvalue weighted by atomic mass is 9.94. The molecule has 10 aromatic rings. The second kappa shape index (κ2) is 9.93. The van der Waals surface area contributed by atoms with Crippen molar-refractivity contribution in [1.29, 1.82) is 0 Å². The van der Waals surface area contributed by atoms with Crippen molar-refractivity contribution in [1.82, 2.24) is 19.4 Å². The van der Waals surface area contributed by atoms with Crippen LogP contribution >= 0.6 is 0 Å². The minimum Gasteiger partial charge on any atom is -0.290 e. The fraction of sp³-hybridized carbons (Fsp3) is 0. The van der Waals surface area contributed by atoms with Crippen LogP contribution in [0.3, 0.4) is 0 Å². The highest BCUT2D eigenvalue weighted by Gasteiger charge is 2.24. The van der Waals surface area contributed by atoms with Crippen LogP contribution in [0.2, 0.25) is 0 Å². The number of nitrogens with zero attached hydrogens (tertiary/aromatic N) is 4. The number of rotatable bonds is 3. The smallest absolute Gasteiger partial charge is 0.165 e. The molecule has 4 heteroatoms. The van der Waals surface area contributed by atoms with Crippen LogP contribution in [0.25, 0.3) is 105 Å². The predicted octanol–water partition coefficient (Wildman–Crippen LogP) is 11.4. The lowest BCUT2D eigenvalue weighted by molar-refractivity contribution is 1.21. The van der Waals surface area contributed by atoms with Gasteiger partial charge in [0.1, 0.15) is 5.52 Å². The molecule has 49 heavy (non-hydrogen) atoms. The lowest BCUT2D eigenvalue weighted by Crippen LogP contribution is -2.00. The average Bonchev–Trinajstić information content (AvgIpc) is 3.72. The third-order valence-corrected chi connectivity index (χ3v) is 10.1. The first-order chi connectivity index (χ1) is 24.3. The molecule has 0 amide bonds. The third kappa shape index (κ3) is 3.71.